The molecular weight excluding hydrogens is 162 g/mol. The number of anilines is 1. The van der Waals surface area contributed by atoms with E-state index in [1.807, 2.05) is 37.4 Å². The highest BCUT2D eigenvalue weighted by molar-refractivity contribution is 5.72. The minimum atomic E-state index is 0.716. The second-order valence-electron chi connectivity index (χ2n) is 2.94. The van der Waals surface area contributed by atoms with E-state index >= 15 is 0 Å². The molecule has 0 bridgehead atoms. The van der Waals surface area contributed by atoms with E-state index < -0.39 is 0 Å². The van der Waals surface area contributed by atoms with Gasteiger partial charge in [-0.15, -0.1) is 0 Å². The molecule has 2 N–H and O–H groups in total. The third kappa shape index (κ3) is 1.28. The van der Waals surface area contributed by atoms with Crippen molar-refractivity contribution < 1.29 is 0 Å². The first-order valence-electron chi connectivity index (χ1n) is 4.12. The Kier molecular flexibility index (Phi) is 1.77. The fraction of sp³-hybridized carbons (Fsp3) is 0.100. The average Bonchev–Trinajstić information content (AvgIpc) is 2.48. The third-order valence-electron chi connectivity index (χ3n) is 2.01. The quantitative estimate of drug-likeness (QED) is 0.712. The summed E-state index contributed by atoms with van der Waals surface area (Å²) in [6, 6.07) is 10.0. The SMILES string of the molecule is Cn1ncc(N)c1-c1ccccc1. The number of aromatic nitrogens is 2. The first kappa shape index (κ1) is 7.86. The molecule has 0 spiro atoms. The molecule has 0 aliphatic carbocycles. The summed E-state index contributed by atoms with van der Waals surface area (Å²) in [5, 5.41) is 4.08. The normalized spacial score (nSPS) is 10.2. The molecule has 0 radical (unpaired) electrons. The van der Waals surface area contributed by atoms with Gasteiger partial charge in [-0.2, -0.15) is 5.10 Å². The molecule has 1 heterocycles. The van der Waals surface area contributed by atoms with E-state index in [1.54, 1.807) is 10.9 Å². The van der Waals surface area contributed by atoms with Crippen LogP contribution in [0.5, 0.6) is 0 Å². The summed E-state index contributed by atoms with van der Waals surface area (Å²) in [5.41, 5.74) is 8.58. The molecule has 0 saturated carbocycles. The topological polar surface area (TPSA) is 43.8 Å². The number of hydrogen-bond donors (Lipinski definition) is 1. The standard InChI is InChI=1S/C10H11N3/c1-13-10(9(11)7-12-13)8-5-3-2-4-6-8/h2-7H,11H2,1H3. The van der Waals surface area contributed by atoms with Gasteiger partial charge < -0.3 is 5.73 Å². The summed E-state index contributed by atoms with van der Waals surface area (Å²) >= 11 is 0. The maximum atomic E-state index is 5.79. The third-order valence-corrected chi connectivity index (χ3v) is 2.01. The number of nitrogens with zero attached hydrogens (tertiary/aromatic N) is 2. The van der Waals surface area contributed by atoms with Gasteiger partial charge in [0, 0.05) is 12.6 Å². The Morgan fingerprint density at radius 3 is 2.46 bits per heavy atom. The van der Waals surface area contributed by atoms with Crippen molar-refractivity contribution in [3.63, 3.8) is 0 Å². The van der Waals surface area contributed by atoms with Crippen LogP contribution in [0.15, 0.2) is 36.5 Å². The number of benzene rings is 1. The minimum Gasteiger partial charge on any atom is -0.396 e. The summed E-state index contributed by atoms with van der Waals surface area (Å²) in [6.45, 7) is 0. The highest BCUT2D eigenvalue weighted by atomic mass is 15.3. The van der Waals surface area contributed by atoms with E-state index in [4.69, 9.17) is 5.73 Å². The van der Waals surface area contributed by atoms with Crippen LogP contribution in [0.2, 0.25) is 0 Å². The molecule has 0 amide bonds. The van der Waals surface area contributed by atoms with Crippen molar-refractivity contribution in [2.75, 3.05) is 5.73 Å². The molecule has 1 aromatic heterocycles. The number of nitrogens with two attached hydrogens (primary N) is 1. The predicted molar refractivity (Wildman–Crippen MR) is 53.1 cm³/mol. The van der Waals surface area contributed by atoms with Gasteiger partial charge >= 0.3 is 0 Å². The van der Waals surface area contributed by atoms with Gasteiger partial charge in [-0.25, -0.2) is 0 Å². The molecular formula is C10H11N3. The largest absolute Gasteiger partial charge is 0.396 e. The Labute approximate surface area is 76.8 Å². The molecule has 13 heavy (non-hydrogen) atoms. The summed E-state index contributed by atoms with van der Waals surface area (Å²) in [6.07, 6.45) is 1.67. The van der Waals surface area contributed by atoms with Gasteiger partial charge in [-0.05, 0) is 0 Å². The smallest absolute Gasteiger partial charge is 0.0908 e. The Morgan fingerprint density at radius 1 is 1.23 bits per heavy atom. The molecule has 2 rings (SSSR count). The monoisotopic (exact) mass is 173 g/mol. The van der Waals surface area contributed by atoms with Crippen molar-refractivity contribution in [2.45, 2.75) is 0 Å². The fourth-order valence-electron chi connectivity index (χ4n) is 1.40. The fourth-order valence-corrected chi connectivity index (χ4v) is 1.40. The maximum absolute atomic E-state index is 5.79. The van der Waals surface area contributed by atoms with E-state index in [1.165, 1.54) is 0 Å². The molecule has 2 aromatic rings. The first-order valence-corrected chi connectivity index (χ1v) is 4.12. The lowest BCUT2D eigenvalue weighted by Crippen LogP contribution is -1.95. The van der Waals surface area contributed by atoms with Crippen LogP contribution in [0, 0.1) is 0 Å². The van der Waals surface area contributed by atoms with Crippen LogP contribution in [0.4, 0.5) is 5.69 Å². The van der Waals surface area contributed by atoms with Crippen LogP contribution in [0.25, 0.3) is 11.3 Å². The van der Waals surface area contributed by atoms with Gasteiger partial charge in [0.2, 0.25) is 0 Å². The van der Waals surface area contributed by atoms with Gasteiger partial charge in [-0.3, -0.25) is 4.68 Å². The maximum Gasteiger partial charge on any atom is 0.0908 e. The number of rotatable bonds is 1. The molecule has 0 atom stereocenters. The lowest BCUT2D eigenvalue weighted by Gasteiger charge is -2.02. The van der Waals surface area contributed by atoms with Crippen molar-refractivity contribution in [3.05, 3.63) is 36.5 Å². The highest BCUT2D eigenvalue weighted by Gasteiger charge is 2.06. The van der Waals surface area contributed by atoms with Crippen LogP contribution in [0.3, 0.4) is 0 Å². The minimum absolute atomic E-state index is 0.716. The number of nitrogen functional groups attached to an aromatic ring is 1. The molecule has 0 fully saturated rings. The zero-order chi connectivity index (χ0) is 9.26. The average molecular weight is 173 g/mol. The van der Waals surface area contributed by atoms with Gasteiger partial charge in [0.1, 0.15) is 0 Å². The van der Waals surface area contributed by atoms with Gasteiger partial charge in [0.25, 0.3) is 0 Å². The van der Waals surface area contributed by atoms with Crippen molar-refractivity contribution >= 4 is 5.69 Å². The van der Waals surface area contributed by atoms with E-state index in [2.05, 4.69) is 5.10 Å². The van der Waals surface area contributed by atoms with Crippen LogP contribution >= 0.6 is 0 Å². The number of hydrogen-bond acceptors (Lipinski definition) is 2. The lowest BCUT2D eigenvalue weighted by molar-refractivity contribution is 0.776. The summed E-state index contributed by atoms with van der Waals surface area (Å²) in [5.74, 6) is 0. The second kappa shape index (κ2) is 2.94. The molecule has 0 saturated heterocycles. The van der Waals surface area contributed by atoms with Crippen LogP contribution in [-0.4, -0.2) is 9.78 Å². The van der Waals surface area contributed by atoms with Crippen molar-refractivity contribution in [1.29, 1.82) is 0 Å². The molecule has 3 heteroatoms. The Hall–Kier alpha value is -1.77. The van der Waals surface area contributed by atoms with E-state index in [0.717, 1.165) is 11.3 Å². The molecule has 0 aliphatic rings. The number of aryl methyl sites for hydroxylation is 1. The van der Waals surface area contributed by atoms with Crippen LogP contribution < -0.4 is 5.73 Å². The molecule has 1 aromatic carbocycles. The molecule has 0 unspecified atom stereocenters. The van der Waals surface area contributed by atoms with Crippen molar-refractivity contribution in [3.8, 4) is 11.3 Å². The second-order valence-corrected chi connectivity index (χ2v) is 2.94. The van der Waals surface area contributed by atoms with Gasteiger partial charge in [0.15, 0.2) is 0 Å². The summed E-state index contributed by atoms with van der Waals surface area (Å²) in [4.78, 5) is 0. The van der Waals surface area contributed by atoms with E-state index in [-0.39, 0.29) is 0 Å². The van der Waals surface area contributed by atoms with Gasteiger partial charge in [-0.1, -0.05) is 30.3 Å². The first-order chi connectivity index (χ1) is 6.29. The molecule has 0 aliphatic heterocycles. The van der Waals surface area contributed by atoms with E-state index in [0.29, 0.717) is 5.69 Å². The lowest BCUT2D eigenvalue weighted by atomic mass is 10.1. The molecule has 66 valence electrons. The summed E-state index contributed by atoms with van der Waals surface area (Å²) < 4.78 is 1.78. The zero-order valence-electron chi connectivity index (χ0n) is 7.44. The molecule has 3 nitrogen and oxygen atoms in total. The van der Waals surface area contributed by atoms with Crippen molar-refractivity contribution in [2.24, 2.45) is 7.05 Å². The van der Waals surface area contributed by atoms with Crippen LogP contribution in [-0.2, 0) is 7.05 Å². The summed E-state index contributed by atoms with van der Waals surface area (Å²) in [7, 11) is 1.89. The Bertz CT molecular complexity index is 384. The zero-order valence-corrected chi connectivity index (χ0v) is 7.44. The van der Waals surface area contributed by atoms with Gasteiger partial charge in [0.05, 0.1) is 17.6 Å². The van der Waals surface area contributed by atoms with E-state index in [9.17, 15) is 0 Å². The Morgan fingerprint density at radius 2 is 1.92 bits per heavy atom. The van der Waals surface area contributed by atoms with Crippen molar-refractivity contribution in [1.82, 2.24) is 9.78 Å². The predicted octanol–water partition coefficient (Wildman–Crippen LogP) is 1.67. The Balaban J connectivity index is 2.59. The highest BCUT2D eigenvalue weighted by Crippen LogP contribution is 2.23. The van der Waals surface area contributed by atoms with Crippen LogP contribution in [0.1, 0.15) is 0 Å².